The van der Waals surface area contributed by atoms with E-state index in [-0.39, 0.29) is 11.5 Å². The van der Waals surface area contributed by atoms with Gasteiger partial charge in [0.15, 0.2) is 0 Å². The van der Waals surface area contributed by atoms with E-state index < -0.39 is 17.2 Å². The van der Waals surface area contributed by atoms with Crippen molar-refractivity contribution in [3.63, 3.8) is 0 Å². The molecule has 1 aromatic carbocycles. The summed E-state index contributed by atoms with van der Waals surface area (Å²) in [4.78, 5) is 12.8. The van der Waals surface area contributed by atoms with Crippen molar-refractivity contribution in [3.8, 4) is 0 Å². The number of allylic oxidation sites excluding steroid dienone is 1. The Bertz CT molecular complexity index is 850. The summed E-state index contributed by atoms with van der Waals surface area (Å²) in [5, 5.41) is 21.7. The summed E-state index contributed by atoms with van der Waals surface area (Å²) < 4.78 is 5.85. The van der Waals surface area contributed by atoms with Crippen molar-refractivity contribution in [3.05, 3.63) is 48.0 Å². The second-order valence-corrected chi connectivity index (χ2v) is 10.7. The average molecular weight is 411 g/mol. The third-order valence-electron chi connectivity index (χ3n) is 9.51. The standard InChI is InChI=1S/C26H34O4/c1-24-13-10-19(27)16-18(24)8-9-20-21(24)11-14-25(2)22(20)12-15-26(25,29)30-23(28)17-6-4-3-5-7-17/h3-7,10,13,18-22,27,29H,8-9,11-12,14-16H2,1-2H3/t18?,19?,20-,21+,22+,24+,25+,26?/m1/s1. The second kappa shape index (κ2) is 6.93. The number of hydrogen-bond acceptors (Lipinski definition) is 4. The van der Waals surface area contributed by atoms with Crippen molar-refractivity contribution in [2.45, 2.75) is 70.7 Å². The number of benzene rings is 1. The van der Waals surface area contributed by atoms with Gasteiger partial charge in [0.2, 0.25) is 5.79 Å². The zero-order valence-electron chi connectivity index (χ0n) is 18.1. The van der Waals surface area contributed by atoms with Crippen molar-refractivity contribution >= 4 is 5.97 Å². The zero-order valence-corrected chi connectivity index (χ0v) is 18.1. The van der Waals surface area contributed by atoms with Crippen LogP contribution in [0, 0.1) is 34.5 Å². The van der Waals surface area contributed by atoms with Gasteiger partial charge < -0.3 is 14.9 Å². The Balaban J connectivity index is 1.40. The zero-order chi connectivity index (χ0) is 21.1. The number of carbonyl (C=O) groups is 1. The molecule has 3 saturated carbocycles. The number of carbonyl (C=O) groups excluding carboxylic acids is 1. The molecule has 8 atom stereocenters. The number of fused-ring (bicyclic) bond motifs is 5. The number of rotatable bonds is 2. The maximum absolute atomic E-state index is 12.8. The molecule has 1 aromatic rings. The minimum atomic E-state index is -1.40. The SMILES string of the molecule is C[C@]12C=CC(O)CC1CC[C@@H]1[C@@H]2CC[C@@]2(C)[C@H]1CCC2(O)OC(=O)c1ccccc1. The van der Waals surface area contributed by atoms with Gasteiger partial charge >= 0.3 is 5.97 Å². The van der Waals surface area contributed by atoms with Crippen LogP contribution in [0.2, 0.25) is 0 Å². The summed E-state index contributed by atoms with van der Waals surface area (Å²) in [7, 11) is 0. The van der Waals surface area contributed by atoms with Crippen LogP contribution in [-0.2, 0) is 4.74 Å². The van der Waals surface area contributed by atoms with E-state index in [1.807, 2.05) is 24.3 Å². The molecule has 5 rings (SSSR count). The molecule has 3 fully saturated rings. The van der Waals surface area contributed by atoms with Crippen LogP contribution in [0.4, 0.5) is 0 Å². The summed E-state index contributed by atoms with van der Waals surface area (Å²) in [6.45, 7) is 4.53. The van der Waals surface area contributed by atoms with Gasteiger partial charge in [0.25, 0.3) is 0 Å². The molecule has 0 spiro atoms. The highest BCUT2D eigenvalue weighted by molar-refractivity contribution is 5.89. The summed E-state index contributed by atoms with van der Waals surface area (Å²) in [5.41, 5.74) is 0.218. The summed E-state index contributed by atoms with van der Waals surface area (Å²) in [6.07, 6.45) is 10.5. The predicted molar refractivity (Wildman–Crippen MR) is 114 cm³/mol. The van der Waals surface area contributed by atoms with Gasteiger partial charge in [0.1, 0.15) is 0 Å². The lowest BCUT2D eigenvalue weighted by Crippen LogP contribution is -2.57. The summed E-state index contributed by atoms with van der Waals surface area (Å²) in [6, 6.07) is 8.99. The molecule has 2 N–H and O–H groups in total. The minimum absolute atomic E-state index is 0.130. The van der Waals surface area contributed by atoms with Crippen molar-refractivity contribution in [2.75, 3.05) is 0 Å². The molecule has 4 nitrogen and oxygen atoms in total. The third kappa shape index (κ3) is 2.83. The molecular weight excluding hydrogens is 376 g/mol. The highest BCUT2D eigenvalue weighted by atomic mass is 16.7. The van der Waals surface area contributed by atoms with Crippen molar-refractivity contribution in [2.24, 2.45) is 34.5 Å². The van der Waals surface area contributed by atoms with Crippen LogP contribution in [0.3, 0.4) is 0 Å². The monoisotopic (exact) mass is 410 g/mol. The van der Waals surface area contributed by atoms with Gasteiger partial charge in [-0.15, -0.1) is 0 Å². The molecule has 4 aliphatic rings. The van der Waals surface area contributed by atoms with Gasteiger partial charge in [-0.25, -0.2) is 4.79 Å². The first-order valence-electron chi connectivity index (χ1n) is 11.6. The quantitative estimate of drug-likeness (QED) is 0.421. The molecule has 0 bridgehead atoms. The molecular formula is C26H34O4. The van der Waals surface area contributed by atoms with Gasteiger partial charge in [-0.1, -0.05) is 44.2 Å². The smallest absolute Gasteiger partial charge is 0.340 e. The van der Waals surface area contributed by atoms with Crippen LogP contribution in [0.1, 0.15) is 69.2 Å². The Kier molecular flexibility index (Phi) is 4.68. The Labute approximate surface area is 179 Å². The van der Waals surface area contributed by atoms with E-state index in [2.05, 4.69) is 19.9 Å². The number of hydrogen-bond donors (Lipinski definition) is 2. The minimum Gasteiger partial charge on any atom is -0.429 e. The normalized spacial score (nSPS) is 47.1. The summed E-state index contributed by atoms with van der Waals surface area (Å²) >= 11 is 0. The number of aliphatic hydroxyl groups is 2. The van der Waals surface area contributed by atoms with E-state index in [0.717, 1.165) is 38.5 Å². The Hall–Kier alpha value is -1.65. The third-order valence-corrected chi connectivity index (χ3v) is 9.51. The first-order valence-corrected chi connectivity index (χ1v) is 11.6. The highest BCUT2D eigenvalue weighted by Crippen LogP contribution is 2.67. The molecule has 0 radical (unpaired) electrons. The lowest BCUT2D eigenvalue weighted by molar-refractivity contribution is -0.248. The largest absolute Gasteiger partial charge is 0.429 e. The van der Waals surface area contributed by atoms with Crippen LogP contribution in [0.15, 0.2) is 42.5 Å². The number of aliphatic hydroxyl groups excluding tert-OH is 1. The van der Waals surface area contributed by atoms with Gasteiger partial charge in [0.05, 0.1) is 11.7 Å². The second-order valence-electron chi connectivity index (χ2n) is 10.7. The van der Waals surface area contributed by atoms with Crippen LogP contribution in [0.25, 0.3) is 0 Å². The summed E-state index contributed by atoms with van der Waals surface area (Å²) in [5.74, 6) is 0.190. The van der Waals surface area contributed by atoms with Crippen molar-refractivity contribution in [1.29, 1.82) is 0 Å². The van der Waals surface area contributed by atoms with E-state index in [1.165, 1.54) is 0 Å². The molecule has 0 heterocycles. The Morgan fingerprint density at radius 1 is 1.03 bits per heavy atom. The van der Waals surface area contributed by atoms with Gasteiger partial charge in [-0.05, 0) is 79.7 Å². The molecule has 4 heteroatoms. The van der Waals surface area contributed by atoms with Gasteiger partial charge in [-0.2, -0.15) is 0 Å². The maximum Gasteiger partial charge on any atom is 0.340 e. The molecule has 3 unspecified atom stereocenters. The highest BCUT2D eigenvalue weighted by Gasteiger charge is 2.66. The molecule has 0 amide bonds. The molecule has 162 valence electrons. The lowest BCUT2D eigenvalue weighted by Gasteiger charge is -2.59. The van der Waals surface area contributed by atoms with Crippen molar-refractivity contribution in [1.82, 2.24) is 0 Å². The van der Waals surface area contributed by atoms with Crippen LogP contribution >= 0.6 is 0 Å². The van der Waals surface area contributed by atoms with E-state index in [0.29, 0.717) is 35.7 Å². The maximum atomic E-state index is 12.8. The Morgan fingerprint density at radius 3 is 2.53 bits per heavy atom. The molecule has 0 saturated heterocycles. The molecule has 4 aliphatic carbocycles. The van der Waals surface area contributed by atoms with Gasteiger partial charge in [0, 0.05) is 11.8 Å². The van der Waals surface area contributed by atoms with Gasteiger partial charge in [-0.3, -0.25) is 0 Å². The van der Waals surface area contributed by atoms with E-state index in [1.54, 1.807) is 12.1 Å². The lowest BCUT2D eigenvalue weighted by atomic mass is 9.46. The fraction of sp³-hybridized carbons (Fsp3) is 0.654. The molecule has 30 heavy (non-hydrogen) atoms. The first-order chi connectivity index (χ1) is 14.3. The average Bonchev–Trinajstić information content (AvgIpc) is 3.00. The number of ether oxygens (including phenoxy) is 1. The predicted octanol–water partition coefficient (Wildman–Crippen LogP) is 4.71. The van der Waals surface area contributed by atoms with Crippen LogP contribution in [0.5, 0.6) is 0 Å². The van der Waals surface area contributed by atoms with Crippen LogP contribution in [-0.4, -0.2) is 28.1 Å². The van der Waals surface area contributed by atoms with E-state index in [4.69, 9.17) is 4.74 Å². The number of esters is 1. The fourth-order valence-electron chi connectivity index (χ4n) is 7.72. The molecule has 0 aromatic heterocycles. The van der Waals surface area contributed by atoms with Crippen LogP contribution < -0.4 is 0 Å². The topological polar surface area (TPSA) is 66.8 Å². The first kappa shape index (κ1) is 20.3. The fourth-order valence-corrected chi connectivity index (χ4v) is 7.72. The van der Waals surface area contributed by atoms with E-state index >= 15 is 0 Å². The van der Waals surface area contributed by atoms with Crippen molar-refractivity contribution < 1.29 is 19.7 Å². The van der Waals surface area contributed by atoms with E-state index in [9.17, 15) is 15.0 Å². The molecule has 0 aliphatic heterocycles. The Morgan fingerprint density at radius 2 is 1.77 bits per heavy atom.